The topological polar surface area (TPSA) is 75.6 Å². The molecule has 116 valence electrons. The Balaban J connectivity index is 2.50. The number of carboxylic acids is 1. The van der Waals surface area contributed by atoms with Crippen molar-refractivity contribution in [2.75, 3.05) is 6.61 Å². The number of amides is 1. The first-order chi connectivity index (χ1) is 9.67. The number of halogens is 4. The van der Waals surface area contributed by atoms with Crippen LogP contribution in [0, 0.1) is 0 Å². The summed E-state index contributed by atoms with van der Waals surface area (Å²) in [5.74, 6) is -2.47. The van der Waals surface area contributed by atoms with Crippen molar-refractivity contribution in [3.8, 4) is 5.75 Å². The molecule has 0 heterocycles. The number of alkyl halides is 3. The highest BCUT2D eigenvalue weighted by Crippen LogP contribution is 2.21. The van der Waals surface area contributed by atoms with Gasteiger partial charge in [0.1, 0.15) is 11.8 Å². The van der Waals surface area contributed by atoms with E-state index >= 15 is 0 Å². The first-order valence-corrected chi connectivity index (χ1v) is 6.02. The summed E-state index contributed by atoms with van der Waals surface area (Å²) < 4.78 is 41.4. The van der Waals surface area contributed by atoms with E-state index in [0.29, 0.717) is 5.02 Å². The number of hydrogen-bond acceptors (Lipinski definition) is 3. The molecule has 0 aliphatic rings. The summed E-state index contributed by atoms with van der Waals surface area (Å²) in [7, 11) is 0. The Labute approximate surface area is 122 Å². The third-order valence-corrected chi connectivity index (χ3v) is 2.50. The number of nitrogens with one attached hydrogen (secondary N) is 1. The van der Waals surface area contributed by atoms with Crippen LogP contribution in [0.25, 0.3) is 0 Å². The zero-order chi connectivity index (χ0) is 16.0. The minimum atomic E-state index is -4.70. The van der Waals surface area contributed by atoms with Gasteiger partial charge in [0.15, 0.2) is 6.61 Å². The Morgan fingerprint density at radius 1 is 1.29 bits per heavy atom. The molecule has 0 fully saturated rings. The second-order valence-electron chi connectivity index (χ2n) is 4.02. The Morgan fingerprint density at radius 3 is 2.33 bits per heavy atom. The minimum absolute atomic E-state index is 0.275. The normalized spacial score (nSPS) is 12.6. The lowest BCUT2D eigenvalue weighted by Gasteiger charge is -2.16. The molecule has 0 saturated carbocycles. The van der Waals surface area contributed by atoms with E-state index in [0.717, 1.165) is 0 Å². The van der Waals surface area contributed by atoms with E-state index in [9.17, 15) is 22.8 Å². The van der Waals surface area contributed by atoms with Crippen LogP contribution < -0.4 is 10.1 Å². The standard InChI is InChI=1S/C12H11ClF3NO4/c13-7-1-3-8(4-2-7)21-6-10(18)17-9(11(19)20)5-12(14,15)16/h1-4,9H,5-6H2,(H,17,18)(H,19,20). The number of carbonyl (C=O) groups excluding carboxylic acids is 1. The average Bonchev–Trinajstić information content (AvgIpc) is 2.35. The number of hydrogen-bond donors (Lipinski definition) is 2. The summed E-state index contributed by atoms with van der Waals surface area (Å²) in [6, 6.07) is 3.86. The predicted molar refractivity (Wildman–Crippen MR) is 67.2 cm³/mol. The van der Waals surface area contributed by atoms with Gasteiger partial charge in [-0.1, -0.05) is 11.6 Å². The highest BCUT2D eigenvalue weighted by molar-refractivity contribution is 6.30. The first kappa shape index (κ1) is 17.1. The van der Waals surface area contributed by atoms with E-state index in [-0.39, 0.29) is 5.75 Å². The molecular weight excluding hydrogens is 315 g/mol. The molecule has 1 aromatic carbocycles. The van der Waals surface area contributed by atoms with Crippen molar-refractivity contribution >= 4 is 23.5 Å². The largest absolute Gasteiger partial charge is 0.484 e. The zero-order valence-electron chi connectivity index (χ0n) is 10.5. The Kier molecular flexibility index (Phi) is 5.83. The fourth-order valence-corrected chi connectivity index (χ4v) is 1.47. The Bertz CT molecular complexity index is 504. The van der Waals surface area contributed by atoms with Gasteiger partial charge in [-0.15, -0.1) is 0 Å². The minimum Gasteiger partial charge on any atom is -0.484 e. The van der Waals surface area contributed by atoms with Crippen molar-refractivity contribution in [1.82, 2.24) is 5.32 Å². The molecule has 9 heteroatoms. The number of benzene rings is 1. The highest BCUT2D eigenvalue weighted by atomic mass is 35.5. The molecule has 1 amide bonds. The van der Waals surface area contributed by atoms with Gasteiger partial charge in [-0.05, 0) is 24.3 Å². The summed E-state index contributed by atoms with van der Waals surface area (Å²) >= 11 is 5.63. The average molecular weight is 326 g/mol. The molecule has 0 spiro atoms. The number of carbonyl (C=O) groups is 2. The van der Waals surface area contributed by atoms with Gasteiger partial charge in [0, 0.05) is 5.02 Å². The van der Waals surface area contributed by atoms with Gasteiger partial charge in [0.25, 0.3) is 5.91 Å². The second kappa shape index (κ2) is 7.16. The lowest BCUT2D eigenvalue weighted by molar-refractivity contribution is -0.160. The third-order valence-electron chi connectivity index (χ3n) is 2.25. The van der Waals surface area contributed by atoms with Crippen molar-refractivity contribution in [3.63, 3.8) is 0 Å². The molecule has 5 nitrogen and oxygen atoms in total. The van der Waals surface area contributed by atoms with E-state index in [1.165, 1.54) is 24.3 Å². The summed E-state index contributed by atoms with van der Waals surface area (Å²) in [5.41, 5.74) is 0. The number of carboxylic acid groups (broad SMARTS) is 1. The molecule has 0 aromatic heterocycles. The van der Waals surface area contributed by atoms with Crippen LogP contribution >= 0.6 is 11.6 Å². The van der Waals surface area contributed by atoms with Crippen LogP contribution in [0.4, 0.5) is 13.2 Å². The zero-order valence-corrected chi connectivity index (χ0v) is 11.2. The number of ether oxygens (including phenoxy) is 1. The van der Waals surface area contributed by atoms with Crippen molar-refractivity contribution in [2.45, 2.75) is 18.6 Å². The smallest absolute Gasteiger partial charge is 0.391 e. The second-order valence-corrected chi connectivity index (χ2v) is 4.46. The molecule has 0 radical (unpaired) electrons. The van der Waals surface area contributed by atoms with E-state index in [4.69, 9.17) is 21.4 Å². The Hall–Kier alpha value is -1.96. The molecule has 21 heavy (non-hydrogen) atoms. The van der Waals surface area contributed by atoms with Gasteiger partial charge < -0.3 is 15.2 Å². The maximum atomic E-state index is 12.1. The van der Waals surface area contributed by atoms with Crippen LogP contribution in [-0.4, -0.2) is 35.8 Å². The lowest BCUT2D eigenvalue weighted by atomic mass is 10.2. The van der Waals surface area contributed by atoms with E-state index < -0.39 is 37.1 Å². The van der Waals surface area contributed by atoms with Gasteiger partial charge in [-0.2, -0.15) is 13.2 Å². The summed E-state index contributed by atoms with van der Waals surface area (Å²) in [6.07, 6.45) is -6.36. The molecule has 2 N–H and O–H groups in total. The van der Waals surface area contributed by atoms with Gasteiger partial charge >= 0.3 is 12.1 Å². The SMILES string of the molecule is O=C(COc1ccc(Cl)cc1)NC(CC(F)(F)F)C(=O)O. The molecule has 1 atom stereocenters. The summed E-state index contributed by atoms with van der Waals surface area (Å²) in [5, 5.41) is 10.8. The van der Waals surface area contributed by atoms with Crippen molar-refractivity contribution in [1.29, 1.82) is 0 Å². The lowest BCUT2D eigenvalue weighted by Crippen LogP contribution is -2.45. The van der Waals surface area contributed by atoms with Crippen molar-refractivity contribution in [3.05, 3.63) is 29.3 Å². The van der Waals surface area contributed by atoms with Gasteiger partial charge in [0.2, 0.25) is 0 Å². The maximum Gasteiger partial charge on any atom is 0.391 e. The van der Waals surface area contributed by atoms with Crippen LogP contribution in [0.5, 0.6) is 5.75 Å². The number of aliphatic carboxylic acids is 1. The van der Waals surface area contributed by atoms with Gasteiger partial charge in [-0.3, -0.25) is 4.79 Å². The van der Waals surface area contributed by atoms with Gasteiger partial charge in [0.05, 0.1) is 6.42 Å². The van der Waals surface area contributed by atoms with E-state index in [2.05, 4.69) is 0 Å². The molecular formula is C12H11ClF3NO4. The van der Waals surface area contributed by atoms with Crippen LogP contribution in [0.3, 0.4) is 0 Å². The van der Waals surface area contributed by atoms with Crippen LogP contribution in [0.2, 0.25) is 5.02 Å². The van der Waals surface area contributed by atoms with Gasteiger partial charge in [-0.25, -0.2) is 4.79 Å². The highest BCUT2D eigenvalue weighted by Gasteiger charge is 2.36. The molecule has 1 rings (SSSR count). The fraction of sp³-hybridized carbons (Fsp3) is 0.333. The summed E-state index contributed by atoms with van der Waals surface area (Å²) in [6.45, 7) is -0.608. The van der Waals surface area contributed by atoms with Crippen LogP contribution in [0.1, 0.15) is 6.42 Å². The maximum absolute atomic E-state index is 12.1. The quantitative estimate of drug-likeness (QED) is 0.841. The predicted octanol–water partition coefficient (Wildman–Crippen LogP) is 2.24. The van der Waals surface area contributed by atoms with E-state index in [1.807, 2.05) is 0 Å². The first-order valence-electron chi connectivity index (χ1n) is 5.64. The molecule has 0 aliphatic heterocycles. The Morgan fingerprint density at radius 2 is 1.86 bits per heavy atom. The third kappa shape index (κ3) is 6.84. The monoisotopic (exact) mass is 325 g/mol. The number of rotatable bonds is 6. The molecule has 0 saturated heterocycles. The van der Waals surface area contributed by atoms with E-state index in [1.54, 1.807) is 5.32 Å². The van der Waals surface area contributed by atoms with Crippen LogP contribution in [-0.2, 0) is 9.59 Å². The molecule has 1 aromatic rings. The van der Waals surface area contributed by atoms with Crippen molar-refractivity contribution in [2.24, 2.45) is 0 Å². The molecule has 1 unspecified atom stereocenters. The summed E-state index contributed by atoms with van der Waals surface area (Å²) in [4.78, 5) is 22.0. The molecule has 0 aliphatic carbocycles. The van der Waals surface area contributed by atoms with Crippen molar-refractivity contribution < 1.29 is 32.6 Å². The van der Waals surface area contributed by atoms with Crippen LogP contribution in [0.15, 0.2) is 24.3 Å². The fourth-order valence-electron chi connectivity index (χ4n) is 1.35. The molecule has 0 bridgehead atoms.